The van der Waals surface area contributed by atoms with Gasteiger partial charge in [-0.15, -0.1) is 0 Å². The van der Waals surface area contributed by atoms with Crippen LogP contribution >= 0.6 is 0 Å². The van der Waals surface area contributed by atoms with E-state index in [1.165, 1.54) is 38.5 Å². The summed E-state index contributed by atoms with van der Waals surface area (Å²) in [6.45, 7) is 0.224. The van der Waals surface area contributed by atoms with E-state index in [9.17, 15) is 9.59 Å². The van der Waals surface area contributed by atoms with Crippen LogP contribution in [-0.4, -0.2) is 23.2 Å². The highest BCUT2D eigenvalue weighted by atomic mass is 16.5. The molecule has 0 saturated heterocycles. The molecule has 2 rings (SSSR count). The van der Waals surface area contributed by atoms with Gasteiger partial charge in [0.1, 0.15) is 6.61 Å². The number of rotatable bonds is 8. The number of nitrogens with one attached hydrogen (secondary N) is 1. The van der Waals surface area contributed by atoms with Crippen LogP contribution in [0.25, 0.3) is 0 Å². The number of carbonyl (C=O) groups excluding carboxylic acids is 1. The SMILES string of the molecule is O=C(O)CCC(CC1CCCCCC1)NC(=O)OCc1ccccc1. The summed E-state index contributed by atoms with van der Waals surface area (Å²) in [5.74, 6) is -0.263. The molecule has 1 aliphatic carbocycles. The maximum absolute atomic E-state index is 12.1. The normalized spacial score (nSPS) is 16.6. The van der Waals surface area contributed by atoms with Gasteiger partial charge < -0.3 is 15.2 Å². The van der Waals surface area contributed by atoms with Gasteiger partial charge >= 0.3 is 12.1 Å². The third-order valence-corrected chi connectivity index (χ3v) is 4.83. The Hall–Kier alpha value is -2.04. The second kappa shape index (κ2) is 10.7. The molecule has 0 heterocycles. The monoisotopic (exact) mass is 347 g/mol. The summed E-state index contributed by atoms with van der Waals surface area (Å²) in [7, 11) is 0. The van der Waals surface area contributed by atoms with Crippen molar-refractivity contribution in [1.29, 1.82) is 0 Å². The van der Waals surface area contributed by atoms with Crippen molar-refractivity contribution in [2.75, 3.05) is 0 Å². The first-order valence-electron chi connectivity index (χ1n) is 9.32. The number of hydrogen-bond donors (Lipinski definition) is 2. The van der Waals surface area contributed by atoms with Gasteiger partial charge in [-0.1, -0.05) is 68.9 Å². The van der Waals surface area contributed by atoms with Crippen LogP contribution in [-0.2, 0) is 16.1 Å². The van der Waals surface area contributed by atoms with Gasteiger partial charge in [-0.25, -0.2) is 4.79 Å². The molecule has 0 bridgehead atoms. The van der Waals surface area contributed by atoms with Gasteiger partial charge in [0.05, 0.1) is 0 Å². The Balaban J connectivity index is 1.83. The molecule has 5 heteroatoms. The molecule has 1 saturated carbocycles. The minimum Gasteiger partial charge on any atom is -0.481 e. The predicted octanol–water partition coefficient (Wildman–Crippen LogP) is 4.51. The van der Waals surface area contributed by atoms with Crippen molar-refractivity contribution in [3.8, 4) is 0 Å². The number of aliphatic carboxylic acids is 1. The van der Waals surface area contributed by atoms with E-state index >= 15 is 0 Å². The Morgan fingerprint density at radius 1 is 1.12 bits per heavy atom. The van der Waals surface area contributed by atoms with E-state index in [1.807, 2.05) is 30.3 Å². The van der Waals surface area contributed by atoms with Gasteiger partial charge in [0.15, 0.2) is 0 Å². The standard InChI is InChI=1S/C20H29NO4/c22-19(23)13-12-18(14-16-8-4-1-2-5-9-16)21-20(24)25-15-17-10-6-3-7-11-17/h3,6-7,10-11,16,18H,1-2,4-5,8-9,12-15H2,(H,21,24)(H,22,23). The molecule has 1 aliphatic rings. The molecule has 1 fully saturated rings. The van der Waals surface area contributed by atoms with Crippen LogP contribution in [0, 0.1) is 5.92 Å². The number of ether oxygens (including phenoxy) is 1. The summed E-state index contributed by atoms with van der Waals surface area (Å²) in [4.78, 5) is 23.0. The Morgan fingerprint density at radius 3 is 2.44 bits per heavy atom. The van der Waals surface area contributed by atoms with Crippen molar-refractivity contribution in [3.05, 3.63) is 35.9 Å². The van der Waals surface area contributed by atoms with Crippen molar-refractivity contribution in [2.45, 2.75) is 70.4 Å². The lowest BCUT2D eigenvalue weighted by atomic mass is 9.91. The summed E-state index contributed by atoms with van der Waals surface area (Å²) in [6, 6.07) is 9.39. The van der Waals surface area contributed by atoms with Gasteiger partial charge in [0.25, 0.3) is 0 Å². The molecule has 138 valence electrons. The third kappa shape index (κ3) is 8.05. The van der Waals surface area contributed by atoms with Crippen LogP contribution in [0.15, 0.2) is 30.3 Å². The van der Waals surface area contributed by atoms with Gasteiger partial charge in [-0.3, -0.25) is 4.79 Å². The zero-order valence-corrected chi connectivity index (χ0v) is 14.8. The lowest BCUT2D eigenvalue weighted by molar-refractivity contribution is -0.137. The molecular weight excluding hydrogens is 318 g/mol. The molecule has 1 unspecified atom stereocenters. The first-order chi connectivity index (χ1) is 12.1. The summed E-state index contributed by atoms with van der Waals surface area (Å²) >= 11 is 0. The molecule has 0 aromatic heterocycles. The van der Waals surface area contributed by atoms with E-state index in [1.54, 1.807) is 0 Å². The topological polar surface area (TPSA) is 75.6 Å². The largest absolute Gasteiger partial charge is 0.481 e. The molecule has 25 heavy (non-hydrogen) atoms. The molecule has 1 atom stereocenters. The van der Waals surface area contributed by atoms with E-state index in [4.69, 9.17) is 9.84 Å². The van der Waals surface area contributed by atoms with Crippen LogP contribution in [0.5, 0.6) is 0 Å². The highest BCUT2D eigenvalue weighted by molar-refractivity contribution is 5.68. The van der Waals surface area contributed by atoms with E-state index in [-0.39, 0.29) is 19.1 Å². The number of hydrogen-bond acceptors (Lipinski definition) is 3. The zero-order chi connectivity index (χ0) is 17.9. The first-order valence-corrected chi connectivity index (χ1v) is 9.32. The molecule has 2 N–H and O–H groups in total. The zero-order valence-electron chi connectivity index (χ0n) is 14.8. The lowest BCUT2D eigenvalue weighted by Gasteiger charge is -2.23. The summed E-state index contributed by atoms with van der Waals surface area (Å²) in [5, 5.41) is 11.8. The van der Waals surface area contributed by atoms with Crippen molar-refractivity contribution in [3.63, 3.8) is 0 Å². The van der Waals surface area contributed by atoms with Gasteiger partial charge in [0, 0.05) is 12.5 Å². The Labute approximate surface area is 149 Å². The lowest BCUT2D eigenvalue weighted by Crippen LogP contribution is -2.37. The van der Waals surface area contributed by atoms with Gasteiger partial charge in [0.2, 0.25) is 0 Å². The molecule has 0 spiro atoms. The number of alkyl carbamates (subject to hydrolysis) is 1. The highest BCUT2D eigenvalue weighted by Gasteiger charge is 2.21. The second-order valence-corrected chi connectivity index (χ2v) is 6.93. The fraction of sp³-hybridized carbons (Fsp3) is 0.600. The Kier molecular flexibility index (Phi) is 8.29. The maximum Gasteiger partial charge on any atom is 0.407 e. The van der Waals surface area contributed by atoms with Crippen molar-refractivity contribution < 1.29 is 19.4 Å². The van der Waals surface area contributed by atoms with Crippen LogP contribution in [0.3, 0.4) is 0 Å². The smallest absolute Gasteiger partial charge is 0.407 e. The number of carbonyl (C=O) groups is 2. The number of carboxylic acid groups (broad SMARTS) is 1. The van der Waals surface area contributed by atoms with Crippen LogP contribution in [0.4, 0.5) is 4.79 Å². The molecule has 1 aromatic rings. The molecule has 1 amide bonds. The molecular formula is C20H29NO4. The second-order valence-electron chi connectivity index (χ2n) is 6.93. The van der Waals surface area contributed by atoms with Crippen molar-refractivity contribution >= 4 is 12.1 Å². The third-order valence-electron chi connectivity index (χ3n) is 4.83. The van der Waals surface area contributed by atoms with Crippen LogP contribution in [0.1, 0.15) is 63.4 Å². The Morgan fingerprint density at radius 2 is 1.80 bits per heavy atom. The van der Waals surface area contributed by atoms with E-state index in [2.05, 4.69) is 5.32 Å². The molecule has 0 aliphatic heterocycles. The van der Waals surface area contributed by atoms with E-state index in [0.29, 0.717) is 12.3 Å². The first kappa shape index (κ1) is 19.3. The maximum atomic E-state index is 12.1. The summed E-state index contributed by atoms with van der Waals surface area (Å²) in [6.07, 6.45) is 8.26. The number of amides is 1. The molecule has 5 nitrogen and oxygen atoms in total. The predicted molar refractivity (Wildman–Crippen MR) is 96.2 cm³/mol. The minimum absolute atomic E-state index is 0.0658. The molecule has 1 aromatic carbocycles. The van der Waals surface area contributed by atoms with E-state index in [0.717, 1.165) is 12.0 Å². The van der Waals surface area contributed by atoms with E-state index < -0.39 is 12.1 Å². The fourth-order valence-corrected chi connectivity index (χ4v) is 3.48. The average molecular weight is 347 g/mol. The highest BCUT2D eigenvalue weighted by Crippen LogP contribution is 2.27. The van der Waals surface area contributed by atoms with Crippen LogP contribution in [0.2, 0.25) is 0 Å². The van der Waals surface area contributed by atoms with Crippen molar-refractivity contribution in [2.24, 2.45) is 5.92 Å². The Bertz CT molecular complexity index is 524. The minimum atomic E-state index is -0.828. The number of benzene rings is 1. The fourth-order valence-electron chi connectivity index (χ4n) is 3.48. The molecule has 0 radical (unpaired) electrons. The van der Waals surface area contributed by atoms with Gasteiger partial charge in [-0.2, -0.15) is 0 Å². The van der Waals surface area contributed by atoms with Crippen LogP contribution < -0.4 is 5.32 Å². The van der Waals surface area contributed by atoms with Crippen molar-refractivity contribution in [1.82, 2.24) is 5.32 Å². The quantitative estimate of drug-likeness (QED) is 0.679. The average Bonchev–Trinajstić information content (AvgIpc) is 2.87. The summed E-state index contributed by atoms with van der Waals surface area (Å²) in [5.41, 5.74) is 0.934. The summed E-state index contributed by atoms with van der Waals surface area (Å²) < 4.78 is 5.28. The van der Waals surface area contributed by atoms with Gasteiger partial charge in [-0.05, 0) is 24.3 Å². The number of carboxylic acids is 1.